The largest absolute Gasteiger partial charge is 0.368 e. The molecule has 0 unspecified atom stereocenters. The Morgan fingerprint density at radius 2 is 1.64 bits per heavy atom. The van der Waals surface area contributed by atoms with E-state index < -0.39 is 0 Å². The van der Waals surface area contributed by atoms with Crippen LogP contribution in [0, 0.1) is 11.3 Å². The van der Waals surface area contributed by atoms with E-state index in [2.05, 4.69) is 40.1 Å². The van der Waals surface area contributed by atoms with Crippen molar-refractivity contribution in [3.63, 3.8) is 0 Å². The van der Waals surface area contributed by atoms with Crippen molar-refractivity contribution in [1.82, 2.24) is 4.90 Å². The highest BCUT2D eigenvalue weighted by Crippen LogP contribution is 2.49. The van der Waals surface area contributed by atoms with Crippen LogP contribution in [0.5, 0.6) is 0 Å². The van der Waals surface area contributed by atoms with Crippen molar-refractivity contribution in [1.29, 1.82) is 0 Å². The summed E-state index contributed by atoms with van der Waals surface area (Å²) in [6, 6.07) is 9.24. The van der Waals surface area contributed by atoms with Gasteiger partial charge in [0.15, 0.2) is 0 Å². The fourth-order valence-electron chi connectivity index (χ4n) is 5.80. The molecule has 2 saturated carbocycles. The van der Waals surface area contributed by atoms with Gasteiger partial charge in [-0.25, -0.2) is 0 Å². The molecule has 4 aliphatic rings. The van der Waals surface area contributed by atoms with Crippen LogP contribution in [0.1, 0.15) is 69.8 Å². The lowest BCUT2D eigenvalue weighted by Crippen LogP contribution is -2.47. The van der Waals surface area contributed by atoms with Gasteiger partial charge in [0, 0.05) is 44.0 Å². The lowest BCUT2D eigenvalue weighted by atomic mass is 9.65. The van der Waals surface area contributed by atoms with Gasteiger partial charge >= 0.3 is 0 Å². The molecule has 3 fully saturated rings. The molecule has 1 heterocycles. The van der Waals surface area contributed by atoms with Crippen LogP contribution in [0.4, 0.5) is 5.69 Å². The van der Waals surface area contributed by atoms with Crippen molar-refractivity contribution in [2.24, 2.45) is 11.3 Å². The lowest BCUT2D eigenvalue weighted by molar-refractivity contribution is 0.172. The Morgan fingerprint density at radius 1 is 0.893 bits per heavy atom. The van der Waals surface area contributed by atoms with E-state index in [-0.39, 0.29) is 12.4 Å². The van der Waals surface area contributed by atoms with E-state index in [4.69, 9.17) is 0 Å². The van der Waals surface area contributed by atoms with E-state index in [0.717, 1.165) is 5.92 Å². The second-order valence-corrected chi connectivity index (χ2v) is 9.74. The highest BCUT2D eigenvalue weighted by atomic mass is 35.5. The number of benzene rings is 1. The molecule has 0 radical (unpaired) electrons. The number of hydrogen-bond acceptors (Lipinski definition) is 2. The van der Waals surface area contributed by atoms with E-state index in [1.54, 1.807) is 5.57 Å². The molecular formula is C25H37ClN2. The number of hydrogen-bond donors (Lipinski definition) is 0. The van der Waals surface area contributed by atoms with Crippen molar-refractivity contribution in [2.45, 2.75) is 64.2 Å². The van der Waals surface area contributed by atoms with E-state index in [0.29, 0.717) is 5.41 Å². The predicted molar refractivity (Wildman–Crippen MR) is 122 cm³/mol. The van der Waals surface area contributed by atoms with Crippen LogP contribution in [-0.4, -0.2) is 37.6 Å². The van der Waals surface area contributed by atoms with Crippen LogP contribution in [0.3, 0.4) is 0 Å². The van der Waals surface area contributed by atoms with Gasteiger partial charge in [0.25, 0.3) is 0 Å². The fraction of sp³-hybridized carbons (Fsp3) is 0.680. The lowest BCUT2D eigenvalue weighted by Gasteiger charge is -2.41. The zero-order chi connectivity index (χ0) is 18.1. The van der Waals surface area contributed by atoms with E-state index in [9.17, 15) is 0 Å². The van der Waals surface area contributed by atoms with Gasteiger partial charge in [-0.2, -0.15) is 0 Å². The molecule has 0 amide bonds. The summed E-state index contributed by atoms with van der Waals surface area (Å²) in [5.41, 5.74) is 5.31. The SMILES string of the molecule is C1=C(c2ccccc2N2CCN(CC3CC3)CC2)CCC2(C1)CCCCC2.Cl. The van der Waals surface area contributed by atoms with Crippen LogP contribution in [0.15, 0.2) is 30.3 Å². The zero-order valence-electron chi connectivity index (χ0n) is 17.4. The summed E-state index contributed by atoms with van der Waals surface area (Å²) in [6.45, 7) is 6.23. The predicted octanol–water partition coefficient (Wildman–Crippen LogP) is 6.16. The van der Waals surface area contributed by atoms with E-state index in [1.165, 1.54) is 108 Å². The third kappa shape index (κ3) is 4.44. The molecule has 5 rings (SSSR count). The van der Waals surface area contributed by atoms with Crippen molar-refractivity contribution < 1.29 is 0 Å². The average molecular weight is 401 g/mol. The second kappa shape index (κ2) is 8.79. The number of rotatable bonds is 4. The van der Waals surface area contributed by atoms with Gasteiger partial charge in [0.05, 0.1) is 0 Å². The Hall–Kier alpha value is -0.990. The third-order valence-electron chi connectivity index (χ3n) is 7.80. The van der Waals surface area contributed by atoms with Crippen LogP contribution < -0.4 is 4.90 Å². The molecule has 2 nitrogen and oxygen atoms in total. The first-order valence-electron chi connectivity index (χ1n) is 11.6. The van der Waals surface area contributed by atoms with Gasteiger partial charge < -0.3 is 4.90 Å². The van der Waals surface area contributed by atoms with Gasteiger partial charge in [-0.3, -0.25) is 4.90 Å². The Balaban J connectivity index is 0.00000192. The fourth-order valence-corrected chi connectivity index (χ4v) is 5.80. The molecule has 1 aromatic carbocycles. The van der Waals surface area contributed by atoms with Crippen LogP contribution in [0.25, 0.3) is 5.57 Å². The van der Waals surface area contributed by atoms with E-state index in [1.807, 2.05) is 0 Å². The maximum Gasteiger partial charge on any atom is 0.0443 e. The highest BCUT2D eigenvalue weighted by molar-refractivity contribution is 5.85. The van der Waals surface area contributed by atoms with Crippen LogP contribution in [-0.2, 0) is 0 Å². The van der Waals surface area contributed by atoms with Crippen LogP contribution >= 0.6 is 12.4 Å². The molecule has 28 heavy (non-hydrogen) atoms. The summed E-state index contributed by atoms with van der Waals surface area (Å²) >= 11 is 0. The number of allylic oxidation sites excluding steroid dienone is 2. The minimum absolute atomic E-state index is 0. The zero-order valence-corrected chi connectivity index (χ0v) is 18.2. The molecule has 0 N–H and O–H groups in total. The molecular weight excluding hydrogens is 364 g/mol. The topological polar surface area (TPSA) is 6.48 Å². The number of nitrogens with zero attached hydrogens (tertiary/aromatic N) is 2. The second-order valence-electron chi connectivity index (χ2n) is 9.74. The first kappa shape index (κ1) is 20.3. The Kier molecular flexibility index (Phi) is 6.37. The molecule has 3 heteroatoms. The normalized spacial score (nSPS) is 25.3. The summed E-state index contributed by atoms with van der Waals surface area (Å²) in [4.78, 5) is 5.36. The molecule has 1 saturated heterocycles. The summed E-state index contributed by atoms with van der Waals surface area (Å²) < 4.78 is 0. The van der Waals surface area contributed by atoms with Gasteiger partial charge in [-0.1, -0.05) is 43.5 Å². The number of para-hydroxylation sites is 1. The minimum Gasteiger partial charge on any atom is -0.368 e. The standard InChI is InChI=1S/C25H36N2.ClH/c1-4-12-25(13-5-1)14-10-22(11-15-25)23-6-2-3-7-24(23)27-18-16-26(17-19-27)20-21-8-9-21;/h2-3,6-7,10,21H,1,4-5,8-9,11-20H2;1H. The summed E-state index contributed by atoms with van der Waals surface area (Å²) in [6.07, 6.45) is 16.9. The van der Waals surface area contributed by atoms with Crippen molar-refractivity contribution >= 4 is 23.7 Å². The molecule has 0 bridgehead atoms. The summed E-state index contributed by atoms with van der Waals surface area (Å²) in [5, 5.41) is 0. The quantitative estimate of drug-likeness (QED) is 0.597. The average Bonchev–Trinajstić information content (AvgIpc) is 3.54. The first-order valence-corrected chi connectivity index (χ1v) is 11.6. The van der Waals surface area contributed by atoms with Crippen LogP contribution in [0.2, 0.25) is 0 Å². The number of halogens is 1. The van der Waals surface area contributed by atoms with Crippen molar-refractivity contribution in [3.8, 4) is 0 Å². The van der Waals surface area contributed by atoms with Crippen molar-refractivity contribution in [3.05, 3.63) is 35.9 Å². The maximum atomic E-state index is 2.70. The number of anilines is 1. The highest BCUT2D eigenvalue weighted by Gasteiger charge is 2.34. The van der Waals surface area contributed by atoms with E-state index >= 15 is 0 Å². The molecule has 154 valence electrons. The monoisotopic (exact) mass is 400 g/mol. The molecule has 1 aromatic rings. The molecule has 3 aliphatic carbocycles. The van der Waals surface area contributed by atoms with Gasteiger partial charge in [0.2, 0.25) is 0 Å². The Labute approximate surface area is 177 Å². The van der Waals surface area contributed by atoms with Gasteiger partial charge in [-0.15, -0.1) is 12.4 Å². The number of piperazine rings is 1. The van der Waals surface area contributed by atoms with Gasteiger partial charge in [0.1, 0.15) is 0 Å². The molecule has 0 aromatic heterocycles. The third-order valence-corrected chi connectivity index (χ3v) is 7.80. The Bertz CT molecular complexity index is 680. The smallest absolute Gasteiger partial charge is 0.0443 e. The van der Waals surface area contributed by atoms with Crippen molar-refractivity contribution in [2.75, 3.05) is 37.6 Å². The molecule has 1 aliphatic heterocycles. The molecule has 0 atom stereocenters. The Morgan fingerprint density at radius 3 is 2.32 bits per heavy atom. The maximum absolute atomic E-state index is 2.70. The molecule has 1 spiro atoms. The summed E-state index contributed by atoms with van der Waals surface area (Å²) in [7, 11) is 0. The minimum atomic E-state index is 0. The summed E-state index contributed by atoms with van der Waals surface area (Å²) in [5.74, 6) is 1.02. The first-order chi connectivity index (χ1) is 13.3. The van der Waals surface area contributed by atoms with Gasteiger partial charge in [-0.05, 0) is 67.9 Å².